The van der Waals surface area contributed by atoms with Crippen LogP contribution in [0.3, 0.4) is 0 Å². The number of carbonyl (C=O) groups excluding carboxylic acids is 3. The van der Waals surface area contributed by atoms with E-state index in [1.54, 1.807) is 43.3 Å². The first-order chi connectivity index (χ1) is 19.1. The number of aryl methyl sites for hydroxylation is 2. The maximum Gasteiger partial charge on any atom is 0.332 e. The second-order valence-corrected chi connectivity index (χ2v) is 10.1. The molecule has 0 atom stereocenters. The molecule has 40 heavy (non-hydrogen) atoms. The summed E-state index contributed by atoms with van der Waals surface area (Å²) in [7, 11) is 0. The van der Waals surface area contributed by atoms with E-state index in [0.717, 1.165) is 22.3 Å². The van der Waals surface area contributed by atoms with Crippen LogP contribution in [-0.2, 0) is 9.63 Å². The Kier molecular flexibility index (Phi) is 8.66. The normalized spacial score (nSPS) is 11.1. The maximum absolute atomic E-state index is 13.3. The van der Waals surface area contributed by atoms with E-state index in [4.69, 9.17) is 4.84 Å². The van der Waals surface area contributed by atoms with Gasteiger partial charge in [-0.2, -0.15) is 0 Å². The fraction of sp³-hybridized carbons (Fsp3) is 0.0968. The van der Waals surface area contributed by atoms with Gasteiger partial charge in [0, 0.05) is 51.1 Å². The summed E-state index contributed by atoms with van der Waals surface area (Å²) in [6.07, 6.45) is 0. The summed E-state index contributed by atoms with van der Waals surface area (Å²) >= 11 is 1.47. The lowest BCUT2D eigenvalue weighted by Gasteiger charge is -2.09. The molecule has 9 heteroatoms. The molecule has 0 bridgehead atoms. The standard InChI is InChI=1S/C31H24N2O6S/c1-19-6-4-5-7-28(19)30(35)22-8-13-25(14-9-22)40-26-15-10-23(11-16-26)31(36)29(32-39-21(3)34)27-17-12-24(33(37)38)18-20(27)2/h4-18H,1-3H3/b32-29-. The zero-order valence-corrected chi connectivity index (χ0v) is 22.7. The van der Waals surface area contributed by atoms with Crippen LogP contribution in [0, 0.1) is 24.0 Å². The third-order valence-electron chi connectivity index (χ3n) is 6.01. The quantitative estimate of drug-likeness (QED) is 0.0742. The van der Waals surface area contributed by atoms with Crippen molar-refractivity contribution in [1.82, 2.24) is 0 Å². The Bertz CT molecular complexity index is 1640. The van der Waals surface area contributed by atoms with Gasteiger partial charge in [0.1, 0.15) is 0 Å². The predicted octanol–water partition coefficient (Wildman–Crippen LogP) is 6.74. The van der Waals surface area contributed by atoms with Crippen LogP contribution >= 0.6 is 11.8 Å². The average molecular weight is 553 g/mol. The van der Waals surface area contributed by atoms with Gasteiger partial charge in [0.15, 0.2) is 11.5 Å². The number of oxime groups is 1. The minimum atomic E-state index is -0.705. The third-order valence-corrected chi connectivity index (χ3v) is 7.03. The minimum Gasteiger partial charge on any atom is -0.318 e. The second kappa shape index (κ2) is 12.3. The summed E-state index contributed by atoms with van der Waals surface area (Å²) in [4.78, 5) is 54.7. The highest BCUT2D eigenvalue weighted by molar-refractivity contribution is 7.99. The minimum absolute atomic E-state index is 0.0352. The van der Waals surface area contributed by atoms with Crippen LogP contribution < -0.4 is 0 Å². The molecule has 4 aromatic carbocycles. The van der Waals surface area contributed by atoms with Crippen molar-refractivity contribution in [2.45, 2.75) is 30.6 Å². The van der Waals surface area contributed by atoms with E-state index in [1.807, 2.05) is 43.3 Å². The number of carbonyl (C=O) groups is 3. The summed E-state index contributed by atoms with van der Waals surface area (Å²) in [5, 5.41) is 14.9. The van der Waals surface area contributed by atoms with Gasteiger partial charge in [0.25, 0.3) is 5.69 Å². The van der Waals surface area contributed by atoms with Crippen molar-refractivity contribution in [2.75, 3.05) is 0 Å². The molecule has 0 aliphatic carbocycles. The van der Waals surface area contributed by atoms with Crippen molar-refractivity contribution >= 4 is 40.7 Å². The Hall–Kier alpha value is -4.89. The number of hydrogen-bond donors (Lipinski definition) is 0. The SMILES string of the molecule is CC(=O)O/N=C(\C(=O)c1ccc(Sc2ccc(C(=O)c3ccccc3C)cc2)cc1)c1ccc([N+](=O)[O-])cc1C. The molecule has 8 nitrogen and oxygen atoms in total. The number of nitro groups is 1. The Morgan fingerprint density at radius 1 is 0.775 bits per heavy atom. The summed E-state index contributed by atoms with van der Waals surface area (Å²) in [6, 6.07) is 25.6. The fourth-order valence-electron chi connectivity index (χ4n) is 3.95. The number of rotatable bonds is 9. The lowest BCUT2D eigenvalue weighted by atomic mass is 9.97. The van der Waals surface area contributed by atoms with Crippen LogP contribution in [-0.4, -0.2) is 28.2 Å². The number of ketones is 2. The van der Waals surface area contributed by atoms with Gasteiger partial charge in [0.05, 0.1) is 4.92 Å². The summed E-state index contributed by atoms with van der Waals surface area (Å²) in [5.41, 5.74) is 2.97. The van der Waals surface area contributed by atoms with Gasteiger partial charge in [-0.3, -0.25) is 19.7 Å². The van der Waals surface area contributed by atoms with Crippen LogP contribution in [0.1, 0.15) is 49.9 Å². The topological polar surface area (TPSA) is 116 Å². The molecule has 0 N–H and O–H groups in total. The van der Waals surface area contributed by atoms with E-state index in [9.17, 15) is 24.5 Å². The smallest absolute Gasteiger partial charge is 0.318 e. The number of nitro benzene ring substituents is 1. The molecule has 0 radical (unpaired) electrons. The Morgan fingerprint density at radius 2 is 1.38 bits per heavy atom. The Morgan fingerprint density at radius 3 is 1.93 bits per heavy atom. The van der Waals surface area contributed by atoms with Crippen molar-refractivity contribution in [2.24, 2.45) is 5.16 Å². The van der Waals surface area contributed by atoms with Gasteiger partial charge in [-0.25, -0.2) is 4.79 Å². The third kappa shape index (κ3) is 6.57. The second-order valence-electron chi connectivity index (χ2n) is 8.90. The summed E-state index contributed by atoms with van der Waals surface area (Å²) < 4.78 is 0. The first kappa shape index (κ1) is 28.1. The molecular formula is C31H24N2O6S. The molecule has 0 spiro atoms. The molecule has 0 aliphatic heterocycles. The van der Waals surface area contributed by atoms with E-state index >= 15 is 0 Å². The number of Topliss-reactive ketones (excluding diaryl/α,β-unsaturated/α-hetero) is 1. The Labute approximate surface area is 234 Å². The van der Waals surface area contributed by atoms with Crippen LogP contribution in [0.4, 0.5) is 5.69 Å². The van der Waals surface area contributed by atoms with Crippen LogP contribution in [0.2, 0.25) is 0 Å². The lowest BCUT2D eigenvalue weighted by molar-refractivity contribution is -0.384. The van der Waals surface area contributed by atoms with Crippen molar-refractivity contribution in [3.05, 3.63) is 134 Å². The molecular weight excluding hydrogens is 528 g/mol. The van der Waals surface area contributed by atoms with Crippen molar-refractivity contribution < 1.29 is 24.1 Å². The highest BCUT2D eigenvalue weighted by Crippen LogP contribution is 2.29. The number of benzene rings is 4. The van der Waals surface area contributed by atoms with Crippen molar-refractivity contribution in [3.8, 4) is 0 Å². The van der Waals surface area contributed by atoms with Crippen LogP contribution in [0.15, 0.2) is 106 Å². The highest BCUT2D eigenvalue weighted by atomic mass is 32.2. The largest absolute Gasteiger partial charge is 0.332 e. The zero-order valence-electron chi connectivity index (χ0n) is 21.9. The summed E-state index contributed by atoms with van der Waals surface area (Å²) in [6.45, 7) is 4.67. The van der Waals surface area contributed by atoms with E-state index in [2.05, 4.69) is 5.16 Å². The Balaban J connectivity index is 1.52. The van der Waals surface area contributed by atoms with Gasteiger partial charge in [-0.05, 0) is 79.6 Å². The monoisotopic (exact) mass is 552 g/mol. The van der Waals surface area contributed by atoms with E-state index < -0.39 is 16.7 Å². The molecule has 0 saturated heterocycles. The predicted molar refractivity (Wildman–Crippen MR) is 152 cm³/mol. The van der Waals surface area contributed by atoms with Gasteiger partial charge >= 0.3 is 5.97 Å². The van der Waals surface area contributed by atoms with E-state index in [1.165, 1.54) is 30.0 Å². The number of hydrogen-bond acceptors (Lipinski definition) is 8. The molecule has 0 saturated carbocycles. The zero-order chi connectivity index (χ0) is 28.8. The molecule has 200 valence electrons. The van der Waals surface area contributed by atoms with Gasteiger partial charge in [0.2, 0.25) is 5.78 Å². The molecule has 0 aromatic heterocycles. The summed E-state index contributed by atoms with van der Waals surface area (Å²) in [5.74, 6) is -1.25. The molecule has 0 unspecified atom stereocenters. The van der Waals surface area contributed by atoms with Crippen LogP contribution in [0.25, 0.3) is 0 Å². The molecule has 0 amide bonds. The molecule has 0 fully saturated rings. The van der Waals surface area contributed by atoms with Crippen molar-refractivity contribution in [3.63, 3.8) is 0 Å². The maximum atomic E-state index is 13.3. The first-order valence-electron chi connectivity index (χ1n) is 12.2. The van der Waals surface area contributed by atoms with Gasteiger partial charge in [-0.15, -0.1) is 0 Å². The first-order valence-corrected chi connectivity index (χ1v) is 13.0. The van der Waals surface area contributed by atoms with E-state index in [-0.39, 0.29) is 17.2 Å². The lowest BCUT2D eigenvalue weighted by Crippen LogP contribution is -2.18. The molecule has 4 rings (SSSR count). The average Bonchev–Trinajstić information content (AvgIpc) is 2.94. The van der Waals surface area contributed by atoms with E-state index in [0.29, 0.717) is 27.8 Å². The number of non-ortho nitro benzene ring substituents is 1. The molecule has 0 aliphatic rings. The van der Waals surface area contributed by atoms with Crippen LogP contribution in [0.5, 0.6) is 0 Å². The fourth-order valence-corrected chi connectivity index (χ4v) is 4.77. The molecule has 0 heterocycles. The van der Waals surface area contributed by atoms with Crippen molar-refractivity contribution in [1.29, 1.82) is 0 Å². The molecule has 4 aromatic rings. The number of nitrogens with zero attached hydrogens (tertiary/aromatic N) is 2. The highest BCUT2D eigenvalue weighted by Gasteiger charge is 2.21. The van der Waals surface area contributed by atoms with Gasteiger partial charge < -0.3 is 4.84 Å². The van der Waals surface area contributed by atoms with Gasteiger partial charge in [-0.1, -0.05) is 41.2 Å².